The molecule has 0 spiro atoms. The molecule has 0 radical (unpaired) electrons. The Kier molecular flexibility index (Phi) is 5.44. The number of nitrogens with one attached hydrogen (secondary N) is 1. The second-order valence-corrected chi connectivity index (χ2v) is 12.0. The number of thiazole rings is 1. The molecular weight excluding hydrogens is 454 g/mol. The first-order valence-electron chi connectivity index (χ1n) is 11.4. The van der Waals surface area contributed by atoms with E-state index in [4.69, 9.17) is 9.72 Å². The number of ether oxygens (including phenoxy) is 1. The minimum atomic E-state index is -0.641. The van der Waals surface area contributed by atoms with Crippen LogP contribution in [-0.2, 0) is 19.7 Å². The summed E-state index contributed by atoms with van der Waals surface area (Å²) in [5, 5.41) is 4.01. The second-order valence-electron chi connectivity index (χ2n) is 10.0. The first kappa shape index (κ1) is 22.6. The quantitative estimate of drug-likeness (QED) is 0.583. The lowest BCUT2D eigenvalue weighted by atomic mass is 9.50. The van der Waals surface area contributed by atoms with Crippen molar-refractivity contribution in [1.82, 2.24) is 10.3 Å². The van der Waals surface area contributed by atoms with Gasteiger partial charge in [-0.25, -0.2) is 4.98 Å². The molecule has 1 unspecified atom stereocenters. The van der Waals surface area contributed by atoms with Crippen LogP contribution in [0.3, 0.4) is 0 Å². The van der Waals surface area contributed by atoms with Gasteiger partial charge in [0.15, 0.2) is 5.17 Å². The van der Waals surface area contributed by atoms with Crippen LogP contribution in [0.25, 0.3) is 11.3 Å². The maximum Gasteiger partial charge on any atom is 0.312 e. The largest absolute Gasteiger partial charge is 0.469 e. The highest BCUT2D eigenvalue weighted by atomic mass is 32.2. The average Bonchev–Trinajstić information content (AvgIpc) is 3.38. The predicted octanol–water partition coefficient (Wildman–Crippen LogP) is 5.50. The van der Waals surface area contributed by atoms with E-state index >= 15 is 0 Å². The predicted molar refractivity (Wildman–Crippen MR) is 133 cm³/mol. The van der Waals surface area contributed by atoms with Crippen LogP contribution in [0, 0.1) is 5.41 Å². The molecule has 1 aromatic carbocycles. The first-order valence-corrected chi connectivity index (χ1v) is 13.2. The van der Waals surface area contributed by atoms with E-state index in [1.807, 2.05) is 0 Å². The van der Waals surface area contributed by atoms with Gasteiger partial charge in [-0.15, -0.1) is 0 Å². The SMILES string of the molecule is COC(=O)[C@]1(C)CCC[C@]2(C)c3ccc(C(C)C)cc3-c3nc(/N=C4\NC(=O)CS4)sc3C12. The maximum atomic E-state index is 13.2. The number of hydrogen-bond acceptors (Lipinski definition) is 7. The van der Waals surface area contributed by atoms with Gasteiger partial charge < -0.3 is 10.1 Å². The van der Waals surface area contributed by atoms with Gasteiger partial charge in [0, 0.05) is 21.8 Å². The number of amides is 1. The molecule has 3 aliphatic rings. The highest BCUT2D eigenvalue weighted by Gasteiger charge is 2.58. The van der Waals surface area contributed by atoms with Gasteiger partial charge in [-0.1, -0.05) is 62.4 Å². The fraction of sp³-hybridized carbons (Fsp3) is 0.520. The number of thioether (sulfide) groups is 1. The summed E-state index contributed by atoms with van der Waals surface area (Å²) in [6, 6.07) is 6.74. The lowest BCUT2D eigenvalue weighted by molar-refractivity contribution is -0.157. The molecule has 2 heterocycles. The summed E-state index contributed by atoms with van der Waals surface area (Å²) in [5.74, 6) is 0.540. The van der Waals surface area contributed by atoms with Crippen LogP contribution in [0.15, 0.2) is 23.2 Å². The molecule has 1 aromatic heterocycles. The Hall–Kier alpha value is -2.19. The van der Waals surface area contributed by atoms with Crippen LogP contribution in [0.4, 0.5) is 5.13 Å². The van der Waals surface area contributed by atoms with Crippen LogP contribution in [0.5, 0.6) is 0 Å². The minimum absolute atomic E-state index is 0.0369. The number of aromatic nitrogens is 1. The molecule has 0 bridgehead atoms. The smallest absolute Gasteiger partial charge is 0.312 e. The summed E-state index contributed by atoms with van der Waals surface area (Å²) in [7, 11) is 1.48. The summed E-state index contributed by atoms with van der Waals surface area (Å²) in [6.07, 6.45) is 2.76. The van der Waals surface area contributed by atoms with E-state index in [-0.39, 0.29) is 23.2 Å². The Morgan fingerprint density at radius 1 is 1.30 bits per heavy atom. The van der Waals surface area contributed by atoms with Crippen molar-refractivity contribution in [2.24, 2.45) is 10.4 Å². The van der Waals surface area contributed by atoms with Gasteiger partial charge in [0.2, 0.25) is 11.0 Å². The molecule has 3 atom stereocenters. The van der Waals surface area contributed by atoms with Crippen molar-refractivity contribution in [3.8, 4) is 11.3 Å². The number of aliphatic imine (C=N–C) groups is 1. The topological polar surface area (TPSA) is 80.7 Å². The first-order chi connectivity index (χ1) is 15.7. The summed E-state index contributed by atoms with van der Waals surface area (Å²) in [5.41, 5.74) is 3.75. The molecule has 2 fully saturated rings. The van der Waals surface area contributed by atoms with Gasteiger partial charge in [0.05, 0.1) is 24.0 Å². The zero-order valence-electron chi connectivity index (χ0n) is 19.7. The number of carbonyl (C=O) groups is 2. The number of fused-ring (bicyclic) bond motifs is 6. The Morgan fingerprint density at radius 2 is 2.09 bits per heavy atom. The van der Waals surface area contributed by atoms with Gasteiger partial charge >= 0.3 is 5.97 Å². The van der Waals surface area contributed by atoms with Crippen molar-refractivity contribution in [1.29, 1.82) is 0 Å². The van der Waals surface area contributed by atoms with Crippen LogP contribution in [0.2, 0.25) is 0 Å². The molecule has 1 aliphatic heterocycles. The Bertz CT molecular complexity index is 1190. The van der Waals surface area contributed by atoms with Gasteiger partial charge in [-0.3, -0.25) is 9.59 Å². The van der Waals surface area contributed by atoms with Crippen LogP contribution >= 0.6 is 23.1 Å². The number of esters is 1. The van der Waals surface area contributed by atoms with E-state index in [0.29, 0.717) is 22.0 Å². The molecule has 8 heteroatoms. The standard InChI is InChI=1S/C25H29N3O3S2/c1-13(2)14-7-8-16-15(11-14)18-19(33-23(27-18)28-22-26-17(29)12-32-22)20-24(16,3)9-6-10-25(20,4)21(30)31-5/h7-8,11,13,20H,6,9-10,12H2,1-5H3,(H,26,27,28,29)/t20?,24-,25-/m1/s1. The number of hydrogen-bond donors (Lipinski definition) is 1. The van der Waals surface area contributed by atoms with E-state index in [1.165, 1.54) is 30.0 Å². The van der Waals surface area contributed by atoms with Gasteiger partial charge in [0.1, 0.15) is 0 Å². The Labute approximate surface area is 202 Å². The van der Waals surface area contributed by atoms with Crippen molar-refractivity contribution >= 4 is 45.3 Å². The normalized spacial score (nSPS) is 29.5. The van der Waals surface area contributed by atoms with E-state index in [2.05, 4.69) is 56.2 Å². The fourth-order valence-electron chi connectivity index (χ4n) is 5.98. The third-order valence-electron chi connectivity index (χ3n) is 7.59. The molecule has 33 heavy (non-hydrogen) atoms. The van der Waals surface area contributed by atoms with Crippen molar-refractivity contribution in [2.45, 2.75) is 64.2 Å². The molecule has 1 saturated carbocycles. The van der Waals surface area contributed by atoms with Crippen molar-refractivity contribution in [3.63, 3.8) is 0 Å². The van der Waals surface area contributed by atoms with Crippen molar-refractivity contribution < 1.29 is 14.3 Å². The lowest BCUT2D eigenvalue weighted by Crippen LogP contribution is -2.50. The maximum absolute atomic E-state index is 13.2. The summed E-state index contributed by atoms with van der Waals surface area (Å²) >= 11 is 2.94. The number of amidine groups is 1. The monoisotopic (exact) mass is 483 g/mol. The molecule has 6 nitrogen and oxygen atoms in total. The van der Waals surface area contributed by atoms with Gasteiger partial charge in [-0.05, 0) is 42.9 Å². The molecule has 174 valence electrons. The number of carbonyl (C=O) groups excluding carboxylic acids is 2. The van der Waals surface area contributed by atoms with Crippen molar-refractivity contribution in [2.75, 3.05) is 12.9 Å². The van der Waals surface area contributed by atoms with Crippen LogP contribution in [-0.4, -0.2) is 34.9 Å². The van der Waals surface area contributed by atoms with E-state index < -0.39 is 5.41 Å². The van der Waals surface area contributed by atoms with Gasteiger partial charge in [-0.2, -0.15) is 4.99 Å². The highest BCUT2D eigenvalue weighted by Crippen LogP contribution is 2.64. The van der Waals surface area contributed by atoms with Crippen LogP contribution in [0.1, 0.15) is 74.8 Å². The molecule has 2 aliphatic carbocycles. The minimum Gasteiger partial charge on any atom is -0.469 e. The van der Waals surface area contributed by atoms with Gasteiger partial charge in [0.25, 0.3) is 0 Å². The number of rotatable bonds is 3. The summed E-state index contributed by atoms with van der Waals surface area (Å²) in [6.45, 7) is 8.75. The average molecular weight is 484 g/mol. The number of benzene rings is 1. The highest BCUT2D eigenvalue weighted by molar-refractivity contribution is 8.15. The molecule has 1 amide bonds. The zero-order chi connectivity index (χ0) is 23.5. The van der Waals surface area contributed by atoms with E-state index in [1.54, 1.807) is 11.3 Å². The van der Waals surface area contributed by atoms with E-state index in [9.17, 15) is 9.59 Å². The number of methoxy groups -OCH3 is 1. The fourth-order valence-corrected chi connectivity index (χ4v) is 8.08. The molecule has 2 aromatic rings. The summed E-state index contributed by atoms with van der Waals surface area (Å²) < 4.78 is 5.33. The van der Waals surface area contributed by atoms with E-state index in [0.717, 1.165) is 35.4 Å². The van der Waals surface area contributed by atoms with Crippen molar-refractivity contribution in [3.05, 3.63) is 34.2 Å². The summed E-state index contributed by atoms with van der Waals surface area (Å²) in [4.78, 5) is 35.5. The zero-order valence-corrected chi connectivity index (χ0v) is 21.3. The third-order valence-corrected chi connectivity index (χ3v) is 9.47. The molecular formula is C25H29N3O3S2. The number of nitrogens with zero attached hydrogens (tertiary/aromatic N) is 2. The second kappa shape index (κ2) is 7.94. The Morgan fingerprint density at radius 3 is 2.76 bits per heavy atom. The molecule has 1 N–H and O–H groups in total. The third kappa shape index (κ3) is 3.44. The molecule has 5 rings (SSSR count). The Balaban J connectivity index is 1.74. The molecule has 1 saturated heterocycles. The van der Waals surface area contributed by atoms with Crippen LogP contribution < -0.4 is 5.32 Å². The lowest BCUT2D eigenvalue weighted by Gasteiger charge is -2.53.